The van der Waals surface area contributed by atoms with Gasteiger partial charge < -0.3 is 20.4 Å². The van der Waals surface area contributed by atoms with Gasteiger partial charge >= 0.3 is 6.09 Å². The molecule has 0 unspecified atom stereocenters. The lowest BCUT2D eigenvalue weighted by molar-refractivity contribution is 0.0294. The number of nitrogens with zero attached hydrogens (tertiary/aromatic N) is 2. The monoisotopic (exact) mass is 251 g/mol. The molecule has 1 fully saturated rings. The number of piperidine rings is 1. The Morgan fingerprint density at radius 3 is 2.83 bits per heavy atom. The quantitative estimate of drug-likeness (QED) is 0.741. The zero-order valence-electron chi connectivity index (χ0n) is 9.99. The molecule has 1 amide bonds. The Labute approximate surface area is 105 Å². The zero-order chi connectivity index (χ0) is 13.0. The van der Waals surface area contributed by atoms with Crippen LogP contribution >= 0.6 is 0 Å². The van der Waals surface area contributed by atoms with E-state index in [1.807, 2.05) is 12.1 Å². The summed E-state index contributed by atoms with van der Waals surface area (Å²) in [4.78, 5) is 16.0. The fourth-order valence-electron chi connectivity index (χ4n) is 2.11. The normalized spacial score (nSPS) is 23.7. The Morgan fingerprint density at radius 2 is 2.22 bits per heavy atom. The maximum absolute atomic E-state index is 10.8. The highest BCUT2D eigenvalue weighted by Gasteiger charge is 2.29. The third-order valence-corrected chi connectivity index (χ3v) is 3.24. The highest BCUT2D eigenvalue weighted by atomic mass is 16.4. The number of likely N-dealkylation sites (tertiary alicyclic amines) is 1. The molecule has 0 spiro atoms. The van der Waals surface area contributed by atoms with Gasteiger partial charge in [0.25, 0.3) is 0 Å². The van der Waals surface area contributed by atoms with Crippen molar-refractivity contribution in [3.63, 3.8) is 0 Å². The molecule has 2 heterocycles. The minimum Gasteiger partial charge on any atom is -0.465 e. The standard InChI is InChI=1S/C12H17N3O3/c16-11-8-15(12(17)18)6-3-9(11)7-14-10-1-4-13-5-2-10/h1-2,4-5,9,11,16H,3,6-8H2,(H,13,14)(H,17,18)/t9-,11-/m1/s1. The summed E-state index contributed by atoms with van der Waals surface area (Å²) < 4.78 is 0. The second-order valence-corrected chi connectivity index (χ2v) is 4.46. The fourth-order valence-corrected chi connectivity index (χ4v) is 2.11. The number of nitrogens with one attached hydrogen (secondary N) is 1. The van der Waals surface area contributed by atoms with Crippen LogP contribution in [0.2, 0.25) is 0 Å². The molecule has 2 rings (SSSR count). The number of hydrogen-bond donors (Lipinski definition) is 3. The van der Waals surface area contributed by atoms with Crippen molar-refractivity contribution in [1.29, 1.82) is 0 Å². The topological polar surface area (TPSA) is 85.7 Å². The molecule has 0 saturated carbocycles. The lowest BCUT2D eigenvalue weighted by atomic mass is 9.94. The molecule has 1 aromatic rings. The number of carbonyl (C=O) groups is 1. The number of hydrogen-bond acceptors (Lipinski definition) is 4. The van der Waals surface area contributed by atoms with Crippen molar-refractivity contribution >= 4 is 11.8 Å². The van der Waals surface area contributed by atoms with Gasteiger partial charge in [0.15, 0.2) is 0 Å². The summed E-state index contributed by atoms with van der Waals surface area (Å²) in [6, 6.07) is 3.72. The van der Waals surface area contributed by atoms with Crippen molar-refractivity contribution < 1.29 is 15.0 Å². The average Bonchev–Trinajstić information content (AvgIpc) is 2.38. The number of aliphatic hydroxyl groups is 1. The highest BCUT2D eigenvalue weighted by Crippen LogP contribution is 2.18. The van der Waals surface area contributed by atoms with Crippen LogP contribution in [0.25, 0.3) is 0 Å². The van der Waals surface area contributed by atoms with Crippen LogP contribution in [-0.4, -0.2) is 51.9 Å². The van der Waals surface area contributed by atoms with Crippen molar-refractivity contribution in [2.24, 2.45) is 5.92 Å². The Morgan fingerprint density at radius 1 is 1.50 bits per heavy atom. The SMILES string of the molecule is O=C(O)N1CC[C@H](CNc2ccncc2)[C@H](O)C1. The molecule has 6 heteroatoms. The Balaban J connectivity index is 1.83. The van der Waals surface area contributed by atoms with Crippen LogP contribution in [-0.2, 0) is 0 Å². The predicted octanol–water partition coefficient (Wildman–Crippen LogP) is 0.854. The van der Waals surface area contributed by atoms with Crippen molar-refractivity contribution in [2.45, 2.75) is 12.5 Å². The minimum atomic E-state index is -0.963. The molecule has 1 aliphatic heterocycles. The van der Waals surface area contributed by atoms with Gasteiger partial charge in [-0.1, -0.05) is 0 Å². The molecule has 18 heavy (non-hydrogen) atoms. The first-order valence-electron chi connectivity index (χ1n) is 5.96. The summed E-state index contributed by atoms with van der Waals surface area (Å²) in [5.74, 6) is 0.0776. The largest absolute Gasteiger partial charge is 0.465 e. The van der Waals surface area contributed by atoms with Gasteiger partial charge in [-0.15, -0.1) is 0 Å². The van der Waals surface area contributed by atoms with E-state index in [9.17, 15) is 9.90 Å². The van der Waals surface area contributed by atoms with E-state index < -0.39 is 12.2 Å². The molecule has 1 aliphatic rings. The molecule has 0 radical (unpaired) electrons. The van der Waals surface area contributed by atoms with Crippen molar-refractivity contribution in [2.75, 3.05) is 25.0 Å². The number of rotatable bonds is 3. The van der Waals surface area contributed by atoms with E-state index in [-0.39, 0.29) is 12.5 Å². The van der Waals surface area contributed by atoms with Gasteiger partial charge in [0, 0.05) is 37.1 Å². The summed E-state index contributed by atoms with van der Waals surface area (Å²) >= 11 is 0. The molecule has 2 atom stereocenters. The number of aliphatic hydroxyl groups excluding tert-OH is 1. The van der Waals surface area contributed by atoms with Crippen LogP contribution in [0.15, 0.2) is 24.5 Å². The van der Waals surface area contributed by atoms with Crippen LogP contribution in [0.5, 0.6) is 0 Å². The van der Waals surface area contributed by atoms with Crippen molar-refractivity contribution in [1.82, 2.24) is 9.88 Å². The van der Waals surface area contributed by atoms with E-state index in [0.717, 1.165) is 5.69 Å². The lowest BCUT2D eigenvalue weighted by Crippen LogP contribution is -2.47. The summed E-state index contributed by atoms with van der Waals surface area (Å²) in [6.45, 7) is 1.31. The summed E-state index contributed by atoms with van der Waals surface area (Å²) in [6.07, 6.45) is 2.50. The van der Waals surface area contributed by atoms with Gasteiger partial charge in [-0.3, -0.25) is 4.98 Å². The van der Waals surface area contributed by atoms with E-state index in [1.54, 1.807) is 12.4 Å². The van der Waals surface area contributed by atoms with Gasteiger partial charge in [-0.25, -0.2) is 4.79 Å². The van der Waals surface area contributed by atoms with E-state index in [0.29, 0.717) is 19.5 Å². The van der Waals surface area contributed by atoms with Crippen LogP contribution in [0.3, 0.4) is 0 Å². The number of anilines is 1. The van der Waals surface area contributed by atoms with E-state index in [4.69, 9.17) is 5.11 Å². The highest BCUT2D eigenvalue weighted by molar-refractivity contribution is 5.65. The molecule has 1 aromatic heterocycles. The van der Waals surface area contributed by atoms with Crippen LogP contribution in [0.1, 0.15) is 6.42 Å². The van der Waals surface area contributed by atoms with Crippen molar-refractivity contribution in [3.8, 4) is 0 Å². The molecule has 0 aliphatic carbocycles. The maximum Gasteiger partial charge on any atom is 0.407 e. The molecule has 3 N–H and O–H groups in total. The average molecular weight is 251 g/mol. The number of carboxylic acid groups (broad SMARTS) is 1. The Bertz CT molecular complexity index is 399. The summed E-state index contributed by atoms with van der Waals surface area (Å²) in [7, 11) is 0. The molecule has 6 nitrogen and oxygen atoms in total. The van der Waals surface area contributed by atoms with Gasteiger partial charge in [0.2, 0.25) is 0 Å². The molecule has 98 valence electrons. The van der Waals surface area contributed by atoms with Crippen LogP contribution in [0.4, 0.5) is 10.5 Å². The van der Waals surface area contributed by atoms with Crippen LogP contribution < -0.4 is 5.32 Å². The second-order valence-electron chi connectivity index (χ2n) is 4.46. The molecule has 1 saturated heterocycles. The number of amides is 1. The predicted molar refractivity (Wildman–Crippen MR) is 66.4 cm³/mol. The molecular formula is C12H17N3O3. The first-order chi connectivity index (χ1) is 8.66. The number of pyridine rings is 1. The lowest BCUT2D eigenvalue weighted by Gasteiger charge is -2.34. The maximum atomic E-state index is 10.8. The van der Waals surface area contributed by atoms with Crippen LogP contribution in [0, 0.1) is 5.92 Å². The summed E-state index contributed by atoms with van der Waals surface area (Å²) in [5, 5.41) is 22.0. The smallest absolute Gasteiger partial charge is 0.407 e. The first kappa shape index (κ1) is 12.6. The Kier molecular flexibility index (Phi) is 3.99. The van der Waals surface area contributed by atoms with Gasteiger partial charge in [-0.05, 0) is 18.6 Å². The van der Waals surface area contributed by atoms with E-state index >= 15 is 0 Å². The Hall–Kier alpha value is -1.82. The molecular weight excluding hydrogens is 234 g/mol. The second kappa shape index (κ2) is 5.68. The van der Waals surface area contributed by atoms with Crippen molar-refractivity contribution in [3.05, 3.63) is 24.5 Å². The zero-order valence-corrected chi connectivity index (χ0v) is 9.99. The molecule has 0 bridgehead atoms. The molecule has 0 aromatic carbocycles. The van der Waals surface area contributed by atoms with Gasteiger partial charge in [0.05, 0.1) is 12.6 Å². The summed E-state index contributed by atoms with van der Waals surface area (Å²) in [5.41, 5.74) is 0.956. The van der Waals surface area contributed by atoms with E-state index in [1.165, 1.54) is 4.90 Å². The van der Waals surface area contributed by atoms with Gasteiger partial charge in [-0.2, -0.15) is 0 Å². The third kappa shape index (κ3) is 3.10. The third-order valence-electron chi connectivity index (χ3n) is 3.24. The number of β-amino-alcohol motifs (C(OH)–C–C–N with tert-alkyl or cyclic N) is 1. The first-order valence-corrected chi connectivity index (χ1v) is 5.96. The number of aromatic nitrogens is 1. The fraction of sp³-hybridized carbons (Fsp3) is 0.500. The minimum absolute atomic E-state index is 0.0776. The van der Waals surface area contributed by atoms with E-state index in [2.05, 4.69) is 10.3 Å². The van der Waals surface area contributed by atoms with Gasteiger partial charge in [0.1, 0.15) is 0 Å².